The molecule has 2 aromatic carbocycles. The van der Waals surface area contributed by atoms with E-state index in [0.717, 1.165) is 0 Å². The molecule has 7 nitrogen and oxygen atoms in total. The van der Waals surface area contributed by atoms with Gasteiger partial charge in [-0.05, 0) is 35.9 Å². The number of hydrogen-bond acceptors (Lipinski definition) is 6. The van der Waals surface area contributed by atoms with Crippen molar-refractivity contribution in [2.45, 2.75) is 0 Å². The highest BCUT2D eigenvalue weighted by Crippen LogP contribution is 2.26. The molecule has 0 spiro atoms. The lowest BCUT2D eigenvalue weighted by atomic mass is 10.2. The van der Waals surface area contributed by atoms with E-state index in [2.05, 4.69) is 10.5 Å². The van der Waals surface area contributed by atoms with E-state index in [1.807, 2.05) is 0 Å². The minimum Gasteiger partial charge on any atom is -0.504 e. The molecule has 1 amide bonds. The van der Waals surface area contributed by atoms with Gasteiger partial charge < -0.3 is 19.3 Å². The van der Waals surface area contributed by atoms with Gasteiger partial charge in [0.25, 0.3) is 5.91 Å². The van der Waals surface area contributed by atoms with E-state index in [1.165, 1.54) is 33.6 Å². The van der Waals surface area contributed by atoms with Crippen molar-refractivity contribution in [3.8, 4) is 23.0 Å². The van der Waals surface area contributed by atoms with Crippen LogP contribution < -0.4 is 19.6 Å². The van der Waals surface area contributed by atoms with E-state index < -0.39 is 5.91 Å². The number of methoxy groups -OCH3 is 3. The Morgan fingerprint density at radius 3 is 2.46 bits per heavy atom. The van der Waals surface area contributed by atoms with E-state index in [9.17, 15) is 9.90 Å². The van der Waals surface area contributed by atoms with Gasteiger partial charge in [0.2, 0.25) is 0 Å². The standard InChI is InChI=1S/C17H18N2O5/c1-22-12-5-6-13(15(9-12)23-2)17(21)19-18-10-11-4-7-14(20)16(8-11)24-3/h4-10,20H,1-3H3,(H,19,21). The second-order valence-corrected chi connectivity index (χ2v) is 4.70. The molecule has 0 bridgehead atoms. The molecule has 0 saturated carbocycles. The van der Waals surface area contributed by atoms with Crippen molar-refractivity contribution in [2.24, 2.45) is 5.10 Å². The largest absolute Gasteiger partial charge is 0.504 e. The molecule has 2 rings (SSSR count). The fourth-order valence-electron chi connectivity index (χ4n) is 1.99. The summed E-state index contributed by atoms with van der Waals surface area (Å²) in [7, 11) is 4.45. The normalized spacial score (nSPS) is 10.5. The summed E-state index contributed by atoms with van der Waals surface area (Å²) in [5, 5.41) is 13.4. The first kappa shape index (κ1) is 17.1. The summed E-state index contributed by atoms with van der Waals surface area (Å²) >= 11 is 0. The predicted molar refractivity (Wildman–Crippen MR) is 89.3 cm³/mol. The van der Waals surface area contributed by atoms with Crippen LogP contribution in [0.15, 0.2) is 41.5 Å². The molecule has 7 heteroatoms. The van der Waals surface area contributed by atoms with Crippen molar-refractivity contribution in [2.75, 3.05) is 21.3 Å². The summed E-state index contributed by atoms with van der Waals surface area (Å²) in [5.74, 6) is 0.900. The number of hydrazone groups is 1. The van der Waals surface area contributed by atoms with Crippen LogP contribution in [0.3, 0.4) is 0 Å². The summed E-state index contributed by atoms with van der Waals surface area (Å²) < 4.78 is 15.3. The van der Waals surface area contributed by atoms with Crippen LogP contribution in [0.2, 0.25) is 0 Å². The molecule has 0 aliphatic heterocycles. The number of ether oxygens (including phenoxy) is 3. The number of carbonyl (C=O) groups excluding carboxylic acids is 1. The van der Waals surface area contributed by atoms with Crippen molar-refractivity contribution < 1.29 is 24.1 Å². The number of nitrogens with zero attached hydrogens (tertiary/aromatic N) is 1. The summed E-state index contributed by atoms with van der Waals surface area (Å²) in [6.07, 6.45) is 1.44. The fraction of sp³-hybridized carbons (Fsp3) is 0.176. The molecule has 2 aromatic rings. The maximum Gasteiger partial charge on any atom is 0.275 e. The maximum absolute atomic E-state index is 12.2. The van der Waals surface area contributed by atoms with Gasteiger partial charge in [0, 0.05) is 6.07 Å². The van der Waals surface area contributed by atoms with E-state index in [1.54, 1.807) is 30.3 Å². The van der Waals surface area contributed by atoms with Crippen molar-refractivity contribution in [3.63, 3.8) is 0 Å². The number of hydrogen-bond donors (Lipinski definition) is 2. The van der Waals surface area contributed by atoms with Crippen molar-refractivity contribution in [1.29, 1.82) is 0 Å². The van der Waals surface area contributed by atoms with Crippen molar-refractivity contribution in [3.05, 3.63) is 47.5 Å². The molecular weight excluding hydrogens is 312 g/mol. The number of aromatic hydroxyl groups is 1. The lowest BCUT2D eigenvalue weighted by molar-refractivity contribution is 0.0952. The van der Waals surface area contributed by atoms with Gasteiger partial charge in [-0.2, -0.15) is 5.10 Å². The van der Waals surface area contributed by atoms with Crippen LogP contribution in [0.1, 0.15) is 15.9 Å². The molecule has 0 heterocycles. The Hall–Kier alpha value is -3.22. The smallest absolute Gasteiger partial charge is 0.275 e. The Balaban J connectivity index is 2.10. The minimum atomic E-state index is -0.420. The number of benzene rings is 2. The predicted octanol–water partition coefficient (Wildman–Crippen LogP) is 2.18. The molecule has 0 aliphatic carbocycles. The van der Waals surface area contributed by atoms with E-state index in [0.29, 0.717) is 28.4 Å². The number of phenols is 1. The molecule has 0 saturated heterocycles. The van der Waals surface area contributed by atoms with Crippen molar-refractivity contribution >= 4 is 12.1 Å². The molecule has 0 aliphatic rings. The number of rotatable bonds is 6. The van der Waals surface area contributed by atoms with Crippen LogP contribution >= 0.6 is 0 Å². The second kappa shape index (κ2) is 7.87. The molecular formula is C17H18N2O5. The van der Waals surface area contributed by atoms with Gasteiger partial charge in [-0.25, -0.2) is 5.43 Å². The first-order valence-corrected chi connectivity index (χ1v) is 7.01. The van der Waals surface area contributed by atoms with Crippen LogP contribution in [-0.4, -0.2) is 38.6 Å². The van der Waals surface area contributed by atoms with Gasteiger partial charge in [-0.1, -0.05) is 0 Å². The molecule has 0 aromatic heterocycles. The zero-order chi connectivity index (χ0) is 17.5. The fourth-order valence-corrected chi connectivity index (χ4v) is 1.99. The number of amides is 1. The van der Waals surface area contributed by atoms with Crippen LogP contribution in [0.4, 0.5) is 0 Å². The minimum absolute atomic E-state index is 0.0293. The third-order valence-electron chi connectivity index (χ3n) is 3.24. The summed E-state index contributed by atoms with van der Waals surface area (Å²) in [4.78, 5) is 12.2. The Kier molecular flexibility index (Phi) is 5.62. The van der Waals surface area contributed by atoms with Gasteiger partial charge in [0.1, 0.15) is 11.5 Å². The highest BCUT2D eigenvalue weighted by atomic mass is 16.5. The van der Waals surface area contributed by atoms with Crippen LogP contribution in [0, 0.1) is 0 Å². The molecule has 0 unspecified atom stereocenters. The lowest BCUT2D eigenvalue weighted by Crippen LogP contribution is -2.18. The topological polar surface area (TPSA) is 89.4 Å². The third-order valence-corrected chi connectivity index (χ3v) is 3.24. The number of carbonyl (C=O) groups is 1. The Morgan fingerprint density at radius 1 is 1.04 bits per heavy atom. The Labute approximate surface area is 139 Å². The molecule has 24 heavy (non-hydrogen) atoms. The third kappa shape index (κ3) is 3.95. The quantitative estimate of drug-likeness (QED) is 0.626. The number of nitrogens with one attached hydrogen (secondary N) is 1. The molecule has 2 N–H and O–H groups in total. The summed E-state index contributed by atoms with van der Waals surface area (Å²) in [6.45, 7) is 0. The summed E-state index contributed by atoms with van der Waals surface area (Å²) in [5.41, 5.74) is 3.41. The Morgan fingerprint density at radius 2 is 1.79 bits per heavy atom. The van der Waals surface area contributed by atoms with E-state index in [4.69, 9.17) is 14.2 Å². The van der Waals surface area contributed by atoms with Crippen LogP contribution in [-0.2, 0) is 0 Å². The molecule has 126 valence electrons. The number of phenolic OH excluding ortho intramolecular Hbond substituents is 1. The van der Waals surface area contributed by atoms with Crippen molar-refractivity contribution in [1.82, 2.24) is 5.43 Å². The first-order chi connectivity index (χ1) is 11.6. The van der Waals surface area contributed by atoms with Crippen LogP contribution in [0.5, 0.6) is 23.0 Å². The first-order valence-electron chi connectivity index (χ1n) is 7.01. The molecule has 0 atom stereocenters. The SMILES string of the molecule is COc1ccc(C(=O)NN=Cc2ccc(O)c(OC)c2)c(OC)c1. The van der Waals surface area contributed by atoms with Gasteiger partial charge >= 0.3 is 0 Å². The molecule has 0 fully saturated rings. The highest BCUT2D eigenvalue weighted by Gasteiger charge is 2.12. The highest BCUT2D eigenvalue weighted by molar-refractivity contribution is 5.97. The maximum atomic E-state index is 12.2. The zero-order valence-corrected chi connectivity index (χ0v) is 13.6. The monoisotopic (exact) mass is 330 g/mol. The van der Waals surface area contributed by atoms with Gasteiger partial charge in [0.15, 0.2) is 11.5 Å². The zero-order valence-electron chi connectivity index (χ0n) is 13.6. The Bertz CT molecular complexity index is 759. The van der Waals surface area contributed by atoms with Crippen LogP contribution in [0.25, 0.3) is 0 Å². The second-order valence-electron chi connectivity index (χ2n) is 4.70. The lowest BCUT2D eigenvalue weighted by Gasteiger charge is -2.09. The average molecular weight is 330 g/mol. The molecule has 0 radical (unpaired) electrons. The van der Waals surface area contributed by atoms with E-state index >= 15 is 0 Å². The summed E-state index contributed by atoms with van der Waals surface area (Å²) in [6, 6.07) is 9.58. The van der Waals surface area contributed by atoms with Gasteiger partial charge in [0.05, 0.1) is 33.1 Å². The van der Waals surface area contributed by atoms with Gasteiger partial charge in [-0.3, -0.25) is 4.79 Å². The van der Waals surface area contributed by atoms with E-state index in [-0.39, 0.29) is 5.75 Å². The average Bonchev–Trinajstić information content (AvgIpc) is 2.62. The van der Waals surface area contributed by atoms with Gasteiger partial charge in [-0.15, -0.1) is 0 Å².